The molecular weight excluding hydrogens is 375 g/mol. The van der Waals surface area contributed by atoms with Gasteiger partial charge in [0.05, 0.1) is 23.7 Å². The molecule has 1 fully saturated rings. The van der Waals surface area contributed by atoms with Crippen molar-refractivity contribution in [2.75, 3.05) is 6.61 Å². The number of aromatic amines is 1. The highest BCUT2D eigenvalue weighted by Gasteiger charge is 2.54. The number of H-pyrrole nitrogens is 1. The van der Waals surface area contributed by atoms with Crippen LogP contribution in [-0.4, -0.2) is 36.4 Å². The molecule has 1 aliphatic rings. The molecule has 0 amide bonds. The van der Waals surface area contributed by atoms with Crippen molar-refractivity contribution in [1.82, 2.24) is 29.8 Å². The summed E-state index contributed by atoms with van der Waals surface area (Å²) in [6.07, 6.45) is 3.15. The van der Waals surface area contributed by atoms with Crippen LogP contribution in [0.1, 0.15) is 24.1 Å². The van der Waals surface area contributed by atoms with Crippen molar-refractivity contribution < 1.29 is 9.13 Å². The van der Waals surface area contributed by atoms with Crippen LogP contribution in [0.25, 0.3) is 11.4 Å². The number of rotatable bonds is 5. The standard InChI is InChI=1S/C20H17FN6O2/c1-13(20(11-29-20)16-4-2-3-5-17(16)21)18-10-22-19(28)27(18)15-8-6-14(7-9-15)26-12-23-24-25-26/h2-10,12-13H,11H2,1H3,(H,22,28)/t13-,20+/m1/s1. The third-order valence-electron chi connectivity index (χ3n) is 5.45. The number of hydrogen-bond acceptors (Lipinski definition) is 5. The van der Waals surface area contributed by atoms with E-state index in [2.05, 4.69) is 20.5 Å². The minimum Gasteiger partial charge on any atom is -0.364 e. The Balaban J connectivity index is 1.54. The van der Waals surface area contributed by atoms with Gasteiger partial charge in [-0.1, -0.05) is 25.1 Å². The van der Waals surface area contributed by atoms with Gasteiger partial charge in [0.2, 0.25) is 0 Å². The van der Waals surface area contributed by atoms with Crippen LogP contribution >= 0.6 is 0 Å². The summed E-state index contributed by atoms with van der Waals surface area (Å²) >= 11 is 0. The van der Waals surface area contributed by atoms with Gasteiger partial charge < -0.3 is 9.72 Å². The number of nitrogens with zero attached hydrogens (tertiary/aromatic N) is 5. The number of halogens is 1. The van der Waals surface area contributed by atoms with Crippen molar-refractivity contribution in [1.29, 1.82) is 0 Å². The predicted molar refractivity (Wildman–Crippen MR) is 102 cm³/mol. The van der Waals surface area contributed by atoms with E-state index in [0.29, 0.717) is 23.6 Å². The molecule has 146 valence electrons. The van der Waals surface area contributed by atoms with E-state index in [-0.39, 0.29) is 17.4 Å². The minimum absolute atomic E-state index is 0.252. The smallest absolute Gasteiger partial charge is 0.330 e. The first-order valence-corrected chi connectivity index (χ1v) is 9.13. The molecule has 2 atom stereocenters. The minimum atomic E-state index is -0.784. The highest BCUT2D eigenvalue weighted by molar-refractivity contribution is 5.43. The van der Waals surface area contributed by atoms with E-state index in [1.54, 1.807) is 29.0 Å². The molecule has 1 aliphatic heterocycles. The molecule has 4 aromatic rings. The number of imidazole rings is 1. The summed E-state index contributed by atoms with van der Waals surface area (Å²) in [5.74, 6) is -0.565. The van der Waals surface area contributed by atoms with Crippen molar-refractivity contribution >= 4 is 0 Å². The van der Waals surface area contributed by atoms with Crippen LogP contribution in [0.3, 0.4) is 0 Å². The van der Waals surface area contributed by atoms with Crippen molar-refractivity contribution in [2.24, 2.45) is 0 Å². The van der Waals surface area contributed by atoms with Crippen molar-refractivity contribution in [2.45, 2.75) is 18.4 Å². The van der Waals surface area contributed by atoms with Gasteiger partial charge in [0.1, 0.15) is 17.7 Å². The topological polar surface area (TPSA) is 93.9 Å². The zero-order valence-electron chi connectivity index (χ0n) is 15.5. The maximum Gasteiger partial charge on any atom is 0.330 e. The molecule has 3 heterocycles. The highest BCUT2D eigenvalue weighted by Crippen LogP contribution is 2.50. The van der Waals surface area contributed by atoms with Crippen LogP contribution in [0.2, 0.25) is 0 Å². The number of ether oxygens (including phenoxy) is 1. The molecule has 29 heavy (non-hydrogen) atoms. The Morgan fingerprint density at radius 3 is 2.55 bits per heavy atom. The zero-order valence-corrected chi connectivity index (χ0v) is 15.5. The molecule has 0 saturated carbocycles. The lowest BCUT2D eigenvalue weighted by Gasteiger charge is -2.22. The van der Waals surface area contributed by atoms with E-state index >= 15 is 0 Å². The van der Waals surface area contributed by atoms with Crippen molar-refractivity contribution in [3.63, 3.8) is 0 Å². The molecule has 1 N–H and O–H groups in total. The first kappa shape index (κ1) is 17.5. The van der Waals surface area contributed by atoms with Crippen LogP contribution in [0.15, 0.2) is 65.8 Å². The number of aromatic nitrogens is 6. The van der Waals surface area contributed by atoms with Gasteiger partial charge in [0.15, 0.2) is 0 Å². The zero-order chi connectivity index (χ0) is 20.0. The molecule has 2 aromatic heterocycles. The number of benzene rings is 2. The number of tetrazole rings is 1. The fourth-order valence-electron chi connectivity index (χ4n) is 3.76. The van der Waals surface area contributed by atoms with E-state index in [9.17, 15) is 9.18 Å². The fourth-order valence-corrected chi connectivity index (χ4v) is 3.76. The monoisotopic (exact) mass is 392 g/mol. The number of hydrogen-bond donors (Lipinski definition) is 1. The second-order valence-corrected chi connectivity index (χ2v) is 7.00. The molecule has 0 aliphatic carbocycles. The Morgan fingerprint density at radius 1 is 1.17 bits per heavy atom. The van der Waals surface area contributed by atoms with Crippen LogP contribution < -0.4 is 5.69 Å². The first-order valence-electron chi connectivity index (χ1n) is 9.13. The second-order valence-electron chi connectivity index (χ2n) is 7.00. The predicted octanol–water partition coefficient (Wildman–Crippen LogP) is 2.31. The lowest BCUT2D eigenvalue weighted by atomic mass is 9.85. The summed E-state index contributed by atoms with van der Waals surface area (Å²) in [7, 11) is 0. The molecule has 5 rings (SSSR count). The quantitative estimate of drug-likeness (QED) is 0.526. The fraction of sp³-hybridized carbons (Fsp3) is 0.200. The van der Waals surface area contributed by atoms with Gasteiger partial charge in [-0.05, 0) is 40.8 Å². The van der Waals surface area contributed by atoms with E-state index in [4.69, 9.17) is 4.74 Å². The molecule has 0 unspecified atom stereocenters. The van der Waals surface area contributed by atoms with E-state index in [1.165, 1.54) is 17.1 Å². The Morgan fingerprint density at radius 2 is 1.90 bits per heavy atom. The van der Waals surface area contributed by atoms with Crippen LogP contribution in [0.4, 0.5) is 4.39 Å². The summed E-state index contributed by atoms with van der Waals surface area (Å²) < 4.78 is 23.3. The highest BCUT2D eigenvalue weighted by atomic mass is 19.1. The molecule has 9 heteroatoms. The van der Waals surface area contributed by atoms with E-state index < -0.39 is 5.60 Å². The third kappa shape index (κ3) is 2.78. The van der Waals surface area contributed by atoms with Gasteiger partial charge in [0, 0.05) is 17.7 Å². The number of nitrogens with one attached hydrogen (secondary N) is 1. The number of epoxide rings is 1. The van der Waals surface area contributed by atoms with E-state index in [0.717, 1.165) is 5.69 Å². The lowest BCUT2D eigenvalue weighted by Crippen LogP contribution is -2.25. The Hall–Kier alpha value is -3.59. The normalized spacial score (nSPS) is 19.2. The first-order chi connectivity index (χ1) is 14.1. The third-order valence-corrected chi connectivity index (χ3v) is 5.45. The summed E-state index contributed by atoms with van der Waals surface area (Å²) in [6.45, 7) is 2.33. The Bertz CT molecular complexity index is 1210. The molecule has 0 bridgehead atoms. The van der Waals surface area contributed by atoms with Crippen molar-refractivity contribution in [3.8, 4) is 11.4 Å². The molecule has 8 nitrogen and oxygen atoms in total. The molecule has 0 spiro atoms. The van der Waals surface area contributed by atoms with Crippen LogP contribution in [-0.2, 0) is 10.3 Å². The maximum atomic E-state index is 14.4. The Labute approximate surface area is 164 Å². The van der Waals surface area contributed by atoms with Crippen molar-refractivity contribution in [3.05, 3.63) is 88.6 Å². The van der Waals surface area contributed by atoms with Gasteiger partial charge in [-0.25, -0.2) is 13.9 Å². The van der Waals surface area contributed by atoms with Crippen LogP contribution in [0.5, 0.6) is 0 Å². The van der Waals surface area contributed by atoms with Gasteiger partial charge in [-0.2, -0.15) is 0 Å². The maximum absolute atomic E-state index is 14.4. The summed E-state index contributed by atoms with van der Waals surface area (Å²) in [6, 6.07) is 13.9. The molecule has 2 aromatic carbocycles. The summed E-state index contributed by atoms with van der Waals surface area (Å²) in [4.78, 5) is 15.3. The molecular formula is C20H17FN6O2. The van der Waals surface area contributed by atoms with Gasteiger partial charge in [-0.15, -0.1) is 5.10 Å². The summed E-state index contributed by atoms with van der Waals surface area (Å²) in [5.41, 5.74) is 1.61. The van der Waals surface area contributed by atoms with Gasteiger partial charge in [0.25, 0.3) is 0 Å². The van der Waals surface area contributed by atoms with Gasteiger partial charge >= 0.3 is 5.69 Å². The molecule has 0 radical (unpaired) electrons. The largest absolute Gasteiger partial charge is 0.364 e. The molecule has 1 saturated heterocycles. The van der Waals surface area contributed by atoms with E-state index in [1.807, 2.05) is 31.2 Å². The second kappa shape index (κ2) is 6.49. The SMILES string of the molecule is C[C@H](c1c[nH]c(=O)n1-c1ccc(-n2cnnn2)cc1)[C@]1(c2ccccc2F)CO1. The average molecular weight is 392 g/mol. The van der Waals surface area contributed by atoms with Crippen LogP contribution in [0, 0.1) is 5.82 Å². The average Bonchev–Trinajstić information content (AvgIpc) is 3.17. The Kier molecular flexibility index (Phi) is 3.92. The van der Waals surface area contributed by atoms with Gasteiger partial charge in [-0.3, -0.25) is 4.57 Å². The lowest BCUT2D eigenvalue weighted by molar-refractivity contribution is 0.263. The summed E-state index contributed by atoms with van der Waals surface area (Å²) in [5, 5.41) is 11.1.